The van der Waals surface area contributed by atoms with Crippen LogP contribution in [0.1, 0.15) is 121 Å². The second-order valence-electron chi connectivity index (χ2n) is 11.6. The molecule has 1 unspecified atom stereocenters. The molecule has 0 aliphatic heterocycles. The van der Waals surface area contributed by atoms with Crippen LogP contribution in [0.3, 0.4) is 0 Å². The summed E-state index contributed by atoms with van der Waals surface area (Å²) in [6.45, 7) is 6.93. The molecule has 1 nitrogen and oxygen atoms in total. The Labute approximate surface area is 270 Å². The van der Waals surface area contributed by atoms with Gasteiger partial charge in [-0.3, -0.25) is 0 Å². The number of anilines is 1. The van der Waals surface area contributed by atoms with Gasteiger partial charge in [0.25, 0.3) is 0 Å². The highest BCUT2D eigenvalue weighted by molar-refractivity contribution is 7.89. The minimum Gasteiger partial charge on any atom is -0.372 e. The van der Waals surface area contributed by atoms with Crippen molar-refractivity contribution >= 4 is 41.9 Å². The zero-order chi connectivity index (χ0) is 29.0. The van der Waals surface area contributed by atoms with E-state index in [9.17, 15) is 0 Å². The van der Waals surface area contributed by atoms with E-state index in [2.05, 4.69) is 104 Å². The summed E-state index contributed by atoms with van der Waals surface area (Å²) in [6.07, 6.45) is 19.5. The van der Waals surface area contributed by atoms with Crippen LogP contribution in [0.25, 0.3) is 0 Å². The lowest BCUT2D eigenvalue weighted by atomic mass is 9.88. The Morgan fingerprint density at radius 1 is 0.595 bits per heavy atom. The summed E-state index contributed by atoms with van der Waals surface area (Å²) in [5, 5.41) is 1.34. The van der Waals surface area contributed by atoms with Crippen LogP contribution in [-0.4, -0.2) is 19.3 Å². The first-order valence-electron chi connectivity index (χ1n) is 16.6. The van der Waals surface area contributed by atoms with Gasteiger partial charge < -0.3 is 4.90 Å². The molecule has 232 valence electrons. The van der Waals surface area contributed by atoms with Crippen molar-refractivity contribution in [2.45, 2.75) is 110 Å². The van der Waals surface area contributed by atoms with E-state index < -0.39 is 7.27 Å². The molecule has 0 fully saturated rings. The fourth-order valence-electron chi connectivity index (χ4n) is 5.84. The maximum absolute atomic E-state index is 7.16. The molecule has 0 aliphatic rings. The van der Waals surface area contributed by atoms with Crippen molar-refractivity contribution in [3.8, 4) is 0 Å². The topological polar surface area (TPSA) is 3.24 Å². The third kappa shape index (κ3) is 13.8. The maximum Gasteiger partial charge on any atom is 0.0373 e. The summed E-state index contributed by atoms with van der Waals surface area (Å²) in [5.74, 6) is 0.425. The summed E-state index contributed by atoms with van der Waals surface area (Å²) >= 11 is 7.16. The molecule has 1 atom stereocenters. The summed E-state index contributed by atoms with van der Waals surface area (Å²) < 4.78 is 0. The Kier molecular flexibility index (Phi) is 20.0. The van der Waals surface area contributed by atoms with Crippen LogP contribution in [0.15, 0.2) is 84.9 Å². The number of nitrogens with zero attached hydrogens (tertiary/aromatic N) is 1. The number of halogens is 2. The molecule has 0 aromatic heterocycles. The van der Waals surface area contributed by atoms with Gasteiger partial charge in [0.05, 0.1) is 0 Å². The van der Waals surface area contributed by atoms with E-state index in [0.29, 0.717) is 5.92 Å². The number of rotatable bonds is 22. The lowest BCUT2D eigenvalue weighted by Gasteiger charge is -2.26. The molecule has 0 radical (unpaired) electrons. The Morgan fingerprint density at radius 2 is 1.10 bits per heavy atom. The minimum absolute atomic E-state index is 0. The molecule has 0 saturated carbocycles. The van der Waals surface area contributed by atoms with Crippen molar-refractivity contribution in [1.29, 1.82) is 0 Å². The quantitative estimate of drug-likeness (QED) is 0.0790. The molecule has 3 rings (SSSR count). The first kappa shape index (κ1) is 36.7. The predicted octanol–water partition coefficient (Wildman–Crippen LogP) is 12.5. The normalized spacial score (nSPS) is 11.8. The number of hydrogen-bond acceptors (Lipinski definition) is 1. The Hall–Kier alpha value is -1.53. The van der Waals surface area contributed by atoms with Gasteiger partial charge in [0.15, 0.2) is 0 Å². The molecule has 0 aliphatic carbocycles. The first-order chi connectivity index (χ1) is 20.2. The molecule has 3 aromatic rings. The van der Waals surface area contributed by atoms with E-state index in [1.165, 1.54) is 112 Å². The monoisotopic (exact) mass is 627 g/mol. The highest BCUT2D eigenvalue weighted by atomic mass is 35.7. The molecule has 3 aromatic carbocycles. The molecule has 0 heterocycles. The van der Waals surface area contributed by atoms with Crippen molar-refractivity contribution in [3.63, 3.8) is 0 Å². The van der Waals surface area contributed by atoms with Crippen LogP contribution < -0.4 is 10.2 Å². The van der Waals surface area contributed by atoms with Gasteiger partial charge in [-0.05, 0) is 60.4 Å². The van der Waals surface area contributed by atoms with E-state index >= 15 is 0 Å². The van der Waals surface area contributed by atoms with Gasteiger partial charge in [0.2, 0.25) is 0 Å². The number of hydrogen-bond donors (Lipinski definition) is 0. The van der Waals surface area contributed by atoms with Crippen molar-refractivity contribution in [2.75, 3.05) is 24.2 Å². The van der Waals surface area contributed by atoms with Gasteiger partial charge in [-0.2, -0.15) is 0 Å². The molecular weight excluding hydrogens is 572 g/mol. The summed E-state index contributed by atoms with van der Waals surface area (Å²) in [7, 11) is -0.685. The lowest BCUT2D eigenvalue weighted by molar-refractivity contribution is 0.575. The third-order valence-corrected chi connectivity index (χ3v) is 10.9. The minimum atomic E-state index is -0.685. The van der Waals surface area contributed by atoms with Crippen molar-refractivity contribution in [2.24, 2.45) is 0 Å². The first-order valence-corrected chi connectivity index (χ1v) is 19.0. The van der Waals surface area contributed by atoms with Crippen molar-refractivity contribution < 1.29 is 0 Å². The second kappa shape index (κ2) is 22.9. The Morgan fingerprint density at radius 3 is 1.62 bits per heavy atom. The Balaban J connectivity index is 0.00000616. The lowest BCUT2D eigenvalue weighted by Crippen LogP contribution is -2.26. The van der Waals surface area contributed by atoms with E-state index in [0.717, 1.165) is 19.0 Å². The zero-order valence-electron chi connectivity index (χ0n) is 26.4. The van der Waals surface area contributed by atoms with Gasteiger partial charge in [0, 0.05) is 32.0 Å². The molecule has 4 heteroatoms. The standard InChI is InChI=1S/C38H55ClNP.ClH/c1-3-5-7-9-11-19-30-40(31-20-12-10-8-6-4-2)36-27-21-28-37(33-36)41(39)32-22-29-38(34-23-15-13-16-24-34)35-25-17-14-18-26-35;/h13-18,21,23-28,33,38H,3-12,19-20,22,29-32H2,1-2H3;1H. The Bertz CT molecular complexity index is 990. The average Bonchev–Trinajstić information content (AvgIpc) is 3.02. The summed E-state index contributed by atoms with van der Waals surface area (Å²) in [4.78, 5) is 2.66. The van der Waals surface area contributed by atoms with Crippen LogP contribution in [0.4, 0.5) is 5.69 Å². The van der Waals surface area contributed by atoms with Gasteiger partial charge in [-0.15, -0.1) is 12.4 Å². The van der Waals surface area contributed by atoms with Crippen LogP contribution in [0.2, 0.25) is 0 Å². The van der Waals surface area contributed by atoms with Crippen LogP contribution >= 0.6 is 30.9 Å². The average molecular weight is 629 g/mol. The highest BCUT2D eigenvalue weighted by Gasteiger charge is 2.16. The zero-order valence-corrected chi connectivity index (χ0v) is 28.8. The van der Waals surface area contributed by atoms with Crippen LogP contribution in [0.5, 0.6) is 0 Å². The van der Waals surface area contributed by atoms with E-state index in [-0.39, 0.29) is 12.4 Å². The largest absolute Gasteiger partial charge is 0.372 e. The van der Waals surface area contributed by atoms with Crippen LogP contribution in [-0.2, 0) is 0 Å². The van der Waals surface area contributed by atoms with Crippen LogP contribution in [0, 0.1) is 0 Å². The second-order valence-corrected chi connectivity index (χ2v) is 14.6. The SMILES string of the molecule is CCCCCCCCN(CCCCCCCC)c1cccc(P(Cl)CCCC(c2ccccc2)c2ccccc2)c1.Cl. The molecule has 0 N–H and O–H groups in total. The highest BCUT2D eigenvalue weighted by Crippen LogP contribution is 2.43. The summed E-state index contributed by atoms with van der Waals surface area (Å²) in [5.41, 5.74) is 4.18. The van der Waals surface area contributed by atoms with Crippen molar-refractivity contribution in [1.82, 2.24) is 0 Å². The van der Waals surface area contributed by atoms with Gasteiger partial charge in [0.1, 0.15) is 0 Å². The van der Waals surface area contributed by atoms with Crippen molar-refractivity contribution in [3.05, 3.63) is 96.1 Å². The number of unbranched alkanes of at least 4 members (excludes halogenated alkanes) is 10. The molecule has 0 bridgehead atoms. The van der Waals surface area contributed by atoms with Gasteiger partial charge >= 0.3 is 0 Å². The van der Waals surface area contributed by atoms with Gasteiger partial charge in [-0.25, -0.2) is 0 Å². The third-order valence-electron chi connectivity index (χ3n) is 8.29. The molecule has 0 amide bonds. The maximum atomic E-state index is 7.16. The smallest absolute Gasteiger partial charge is 0.0373 e. The molecular formula is C38H56Cl2NP. The molecule has 0 spiro atoms. The number of benzene rings is 3. The van der Waals surface area contributed by atoms with E-state index in [1.54, 1.807) is 0 Å². The molecule has 0 saturated heterocycles. The fourth-order valence-corrected chi connectivity index (χ4v) is 7.75. The van der Waals surface area contributed by atoms with E-state index in [4.69, 9.17) is 11.2 Å². The predicted molar refractivity (Wildman–Crippen MR) is 194 cm³/mol. The van der Waals surface area contributed by atoms with Gasteiger partial charge in [-0.1, -0.05) is 162 Å². The van der Waals surface area contributed by atoms with E-state index in [1.807, 2.05) is 0 Å². The molecule has 42 heavy (non-hydrogen) atoms. The summed E-state index contributed by atoms with van der Waals surface area (Å²) in [6, 6.07) is 31.2. The fraction of sp³-hybridized carbons (Fsp3) is 0.526.